The molecule has 1 aromatic rings. The highest BCUT2D eigenvalue weighted by atomic mass is 79.9. The molecule has 0 bridgehead atoms. The molecule has 0 aromatic carbocycles. The van der Waals surface area contributed by atoms with Crippen molar-refractivity contribution in [1.82, 2.24) is 5.32 Å². The average molecular weight is 260 g/mol. The van der Waals surface area contributed by atoms with E-state index < -0.39 is 0 Å². The fourth-order valence-electron chi connectivity index (χ4n) is 1.38. The minimum absolute atomic E-state index is 0.464. The first-order valence-electron chi connectivity index (χ1n) is 5.07. The zero-order valence-corrected chi connectivity index (χ0v) is 10.6. The lowest BCUT2D eigenvalue weighted by molar-refractivity contribution is 0.445. The van der Waals surface area contributed by atoms with Crippen molar-refractivity contribution >= 4 is 15.9 Å². The molecule has 0 radical (unpaired) electrons. The maximum absolute atomic E-state index is 5.41. The van der Waals surface area contributed by atoms with Crippen molar-refractivity contribution in [3.8, 4) is 0 Å². The topological polar surface area (TPSA) is 25.2 Å². The normalized spacial score (nSPS) is 13.5. The van der Waals surface area contributed by atoms with Gasteiger partial charge in [0.25, 0.3) is 0 Å². The van der Waals surface area contributed by atoms with Crippen molar-refractivity contribution in [2.75, 3.05) is 6.54 Å². The molecule has 80 valence electrons. The van der Waals surface area contributed by atoms with Crippen LogP contribution in [0.25, 0.3) is 0 Å². The van der Waals surface area contributed by atoms with Gasteiger partial charge in [0.15, 0.2) is 0 Å². The van der Waals surface area contributed by atoms with Gasteiger partial charge >= 0.3 is 0 Å². The van der Waals surface area contributed by atoms with Gasteiger partial charge in [-0.15, -0.1) is 0 Å². The molecule has 1 heterocycles. The summed E-state index contributed by atoms with van der Waals surface area (Å²) in [5, 5.41) is 3.40. The van der Waals surface area contributed by atoms with Crippen molar-refractivity contribution in [1.29, 1.82) is 0 Å². The molecule has 0 amide bonds. The molecule has 1 rings (SSSR count). The molecule has 0 saturated carbocycles. The van der Waals surface area contributed by atoms with Gasteiger partial charge in [0.1, 0.15) is 5.76 Å². The van der Waals surface area contributed by atoms with Gasteiger partial charge < -0.3 is 9.73 Å². The second-order valence-corrected chi connectivity index (χ2v) is 4.79. The Bertz CT molecular complexity index is 270. The van der Waals surface area contributed by atoms with E-state index in [1.54, 1.807) is 6.26 Å². The van der Waals surface area contributed by atoms with E-state index in [0.717, 1.165) is 23.2 Å². The van der Waals surface area contributed by atoms with E-state index in [-0.39, 0.29) is 0 Å². The van der Waals surface area contributed by atoms with E-state index in [1.165, 1.54) is 0 Å². The number of hydrogen-bond donors (Lipinski definition) is 1. The summed E-state index contributed by atoms with van der Waals surface area (Å²) in [6.07, 6.45) is 2.83. The predicted octanol–water partition coefficient (Wildman–Crippen LogP) is 3.53. The molecule has 1 unspecified atom stereocenters. The number of nitrogens with one attached hydrogen (secondary N) is 1. The van der Waals surface area contributed by atoms with Crippen molar-refractivity contribution in [3.05, 3.63) is 22.6 Å². The molecule has 1 atom stereocenters. The monoisotopic (exact) mass is 259 g/mol. The van der Waals surface area contributed by atoms with Crippen LogP contribution < -0.4 is 5.32 Å². The predicted molar refractivity (Wildman–Crippen MR) is 62.6 cm³/mol. The Balaban J connectivity index is 2.36. The zero-order chi connectivity index (χ0) is 10.6. The quantitative estimate of drug-likeness (QED) is 0.876. The van der Waals surface area contributed by atoms with Crippen LogP contribution in [-0.4, -0.2) is 12.6 Å². The lowest BCUT2D eigenvalue weighted by atomic mass is 10.1. The van der Waals surface area contributed by atoms with Crippen LogP contribution in [0.3, 0.4) is 0 Å². The molecule has 0 aliphatic heterocycles. The number of rotatable bonds is 5. The highest BCUT2D eigenvalue weighted by molar-refractivity contribution is 9.10. The molecule has 1 N–H and O–H groups in total. The van der Waals surface area contributed by atoms with Crippen LogP contribution in [0.4, 0.5) is 0 Å². The van der Waals surface area contributed by atoms with Gasteiger partial charge in [-0.1, -0.05) is 20.8 Å². The van der Waals surface area contributed by atoms with Gasteiger partial charge in [-0.2, -0.15) is 0 Å². The first-order valence-corrected chi connectivity index (χ1v) is 5.87. The number of halogens is 1. The summed E-state index contributed by atoms with van der Waals surface area (Å²) >= 11 is 3.47. The van der Waals surface area contributed by atoms with E-state index in [2.05, 4.69) is 42.0 Å². The van der Waals surface area contributed by atoms with Crippen LogP contribution in [0, 0.1) is 0 Å². The summed E-state index contributed by atoms with van der Waals surface area (Å²) in [6, 6.07) is 2.50. The summed E-state index contributed by atoms with van der Waals surface area (Å²) in [6.45, 7) is 7.54. The second-order valence-electron chi connectivity index (χ2n) is 3.93. The van der Waals surface area contributed by atoms with Crippen LogP contribution in [0.15, 0.2) is 21.2 Å². The third-order valence-corrected chi connectivity index (χ3v) is 2.88. The molecular weight excluding hydrogens is 242 g/mol. The number of hydrogen-bond acceptors (Lipinski definition) is 2. The van der Waals surface area contributed by atoms with Crippen LogP contribution in [0.1, 0.15) is 38.9 Å². The minimum atomic E-state index is 0.464. The zero-order valence-electron chi connectivity index (χ0n) is 9.01. The Morgan fingerprint density at radius 2 is 2.14 bits per heavy atom. The standard InChI is InChI=1S/C11H18BrNO/c1-8(2)13-6-4-9(3)11-10(12)5-7-14-11/h5,7-9,13H,4,6H2,1-3H3. The van der Waals surface area contributed by atoms with Gasteiger partial charge in [0, 0.05) is 12.0 Å². The molecule has 1 aromatic heterocycles. The molecule has 0 aliphatic rings. The molecule has 0 spiro atoms. The highest BCUT2D eigenvalue weighted by Crippen LogP contribution is 2.27. The Morgan fingerprint density at radius 1 is 1.43 bits per heavy atom. The molecule has 3 heteroatoms. The molecule has 2 nitrogen and oxygen atoms in total. The molecule has 0 aliphatic carbocycles. The summed E-state index contributed by atoms with van der Waals surface area (Å²) in [4.78, 5) is 0. The van der Waals surface area contributed by atoms with Crippen molar-refractivity contribution < 1.29 is 4.42 Å². The summed E-state index contributed by atoms with van der Waals surface area (Å²) in [5.41, 5.74) is 0. The third kappa shape index (κ3) is 3.46. The van der Waals surface area contributed by atoms with E-state index >= 15 is 0 Å². The maximum atomic E-state index is 5.41. The van der Waals surface area contributed by atoms with Crippen LogP contribution >= 0.6 is 15.9 Å². The van der Waals surface area contributed by atoms with Gasteiger partial charge in [-0.3, -0.25) is 0 Å². The second kappa shape index (κ2) is 5.56. The first kappa shape index (κ1) is 11.8. The summed E-state index contributed by atoms with van der Waals surface area (Å²) < 4.78 is 6.49. The third-order valence-electron chi connectivity index (χ3n) is 2.22. The maximum Gasteiger partial charge on any atom is 0.120 e. The van der Waals surface area contributed by atoms with Crippen LogP contribution in [0.5, 0.6) is 0 Å². The van der Waals surface area contributed by atoms with Crippen LogP contribution in [-0.2, 0) is 0 Å². The van der Waals surface area contributed by atoms with Gasteiger partial charge in [0.2, 0.25) is 0 Å². The van der Waals surface area contributed by atoms with Crippen molar-refractivity contribution in [2.45, 2.75) is 39.2 Å². The fourth-order valence-corrected chi connectivity index (χ4v) is 1.97. The SMILES string of the molecule is CC(C)NCCC(C)c1occc1Br. The first-order chi connectivity index (χ1) is 6.61. The van der Waals surface area contributed by atoms with Crippen molar-refractivity contribution in [2.24, 2.45) is 0 Å². The fraction of sp³-hybridized carbons (Fsp3) is 0.636. The van der Waals surface area contributed by atoms with Gasteiger partial charge in [-0.25, -0.2) is 0 Å². The number of furan rings is 1. The van der Waals surface area contributed by atoms with Crippen molar-refractivity contribution in [3.63, 3.8) is 0 Å². The lowest BCUT2D eigenvalue weighted by Gasteiger charge is -2.12. The Labute approximate surface area is 94.2 Å². The molecule has 0 saturated heterocycles. The Hall–Kier alpha value is -0.280. The highest BCUT2D eigenvalue weighted by Gasteiger charge is 2.12. The van der Waals surface area contributed by atoms with E-state index in [9.17, 15) is 0 Å². The summed E-state index contributed by atoms with van der Waals surface area (Å²) in [5.74, 6) is 1.51. The Morgan fingerprint density at radius 3 is 2.64 bits per heavy atom. The summed E-state index contributed by atoms with van der Waals surface area (Å²) in [7, 11) is 0. The minimum Gasteiger partial charge on any atom is -0.468 e. The largest absolute Gasteiger partial charge is 0.468 e. The smallest absolute Gasteiger partial charge is 0.120 e. The average Bonchev–Trinajstić information content (AvgIpc) is 2.50. The lowest BCUT2D eigenvalue weighted by Crippen LogP contribution is -2.24. The van der Waals surface area contributed by atoms with Gasteiger partial charge in [0.05, 0.1) is 10.7 Å². The molecule has 14 heavy (non-hydrogen) atoms. The van der Waals surface area contributed by atoms with Gasteiger partial charge in [-0.05, 0) is 35.0 Å². The van der Waals surface area contributed by atoms with E-state index in [1.807, 2.05) is 6.07 Å². The Kier molecular flexibility index (Phi) is 4.69. The molecular formula is C11H18BrNO. The van der Waals surface area contributed by atoms with E-state index in [4.69, 9.17) is 4.42 Å². The molecule has 0 fully saturated rings. The van der Waals surface area contributed by atoms with Crippen LogP contribution in [0.2, 0.25) is 0 Å². The van der Waals surface area contributed by atoms with E-state index in [0.29, 0.717) is 12.0 Å².